The molecule has 1 aliphatic rings. The van der Waals surface area contributed by atoms with Crippen molar-refractivity contribution in [2.24, 2.45) is 5.92 Å². The lowest BCUT2D eigenvalue weighted by atomic mass is 10.00. The van der Waals surface area contributed by atoms with E-state index in [1.54, 1.807) is 24.5 Å². The Bertz CT molecular complexity index is 767. The molecule has 0 saturated carbocycles. The molecule has 6 heteroatoms. The Morgan fingerprint density at radius 2 is 1.76 bits per heavy atom. The molecule has 3 amide bonds. The molecule has 3 rings (SSSR count). The maximum absolute atomic E-state index is 12.5. The van der Waals surface area contributed by atoms with Crippen LogP contribution in [0.2, 0.25) is 0 Å². The zero-order valence-corrected chi connectivity index (χ0v) is 16.8. The number of urea groups is 1. The second kappa shape index (κ2) is 11.2. The number of anilines is 1. The summed E-state index contributed by atoms with van der Waals surface area (Å²) in [5, 5.41) is 5.67. The maximum Gasteiger partial charge on any atom is 0.319 e. The zero-order valence-electron chi connectivity index (χ0n) is 16.8. The van der Waals surface area contributed by atoms with Gasteiger partial charge in [-0.3, -0.25) is 9.78 Å². The van der Waals surface area contributed by atoms with Gasteiger partial charge in [-0.05, 0) is 49.4 Å². The third-order valence-corrected chi connectivity index (χ3v) is 5.36. The molecule has 1 unspecified atom stereocenters. The second-order valence-corrected chi connectivity index (χ2v) is 7.59. The Kier molecular flexibility index (Phi) is 8.04. The monoisotopic (exact) mass is 394 g/mol. The van der Waals surface area contributed by atoms with Gasteiger partial charge in [-0.1, -0.05) is 37.5 Å². The maximum atomic E-state index is 12.5. The summed E-state index contributed by atoms with van der Waals surface area (Å²) in [6.07, 6.45) is 10.0. The first-order valence-corrected chi connectivity index (χ1v) is 10.5. The molecule has 1 aliphatic heterocycles. The normalized spacial score (nSPS) is 15.9. The van der Waals surface area contributed by atoms with Crippen LogP contribution in [-0.4, -0.2) is 41.5 Å². The summed E-state index contributed by atoms with van der Waals surface area (Å²) in [5.74, 6) is 0.774. The Morgan fingerprint density at radius 3 is 2.55 bits per heavy atom. The molecule has 0 bridgehead atoms. The van der Waals surface area contributed by atoms with Crippen LogP contribution in [0.4, 0.5) is 10.5 Å². The first-order chi connectivity index (χ1) is 14.2. The molecule has 1 atom stereocenters. The summed E-state index contributed by atoms with van der Waals surface area (Å²) >= 11 is 0. The highest BCUT2D eigenvalue weighted by molar-refractivity contribution is 5.94. The summed E-state index contributed by atoms with van der Waals surface area (Å²) in [6.45, 7) is 2.43. The molecule has 1 aromatic heterocycles. The van der Waals surface area contributed by atoms with Gasteiger partial charge < -0.3 is 15.5 Å². The van der Waals surface area contributed by atoms with Crippen LogP contribution in [0.25, 0.3) is 0 Å². The number of rotatable bonds is 9. The number of carbonyl (C=O) groups is 2. The van der Waals surface area contributed by atoms with Gasteiger partial charge in [0.25, 0.3) is 5.91 Å². The van der Waals surface area contributed by atoms with Crippen LogP contribution in [0.3, 0.4) is 0 Å². The Balaban J connectivity index is 1.22. The Labute approximate surface area is 172 Å². The molecule has 0 radical (unpaired) electrons. The summed E-state index contributed by atoms with van der Waals surface area (Å²) in [6, 6.07) is 12.9. The summed E-state index contributed by atoms with van der Waals surface area (Å²) < 4.78 is 0. The lowest BCUT2D eigenvalue weighted by Crippen LogP contribution is -2.29. The zero-order chi connectivity index (χ0) is 20.3. The first kappa shape index (κ1) is 20.8. The van der Waals surface area contributed by atoms with Gasteiger partial charge in [0.05, 0.1) is 0 Å². The average molecular weight is 395 g/mol. The summed E-state index contributed by atoms with van der Waals surface area (Å²) in [4.78, 5) is 30.2. The highest BCUT2D eigenvalue weighted by Crippen LogP contribution is 2.23. The van der Waals surface area contributed by atoms with Crippen molar-refractivity contribution in [3.8, 4) is 0 Å². The highest BCUT2D eigenvalue weighted by atomic mass is 16.2. The van der Waals surface area contributed by atoms with E-state index in [1.807, 2.05) is 35.2 Å². The molecule has 2 heterocycles. The van der Waals surface area contributed by atoms with Crippen molar-refractivity contribution in [2.75, 3.05) is 25.0 Å². The number of amides is 3. The lowest BCUT2D eigenvalue weighted by Gasteiger charge is -2.16. The van der Waals surface area contributed by atoms with E-state index in [1.165, 1.54) is 12.8 Å². The quantitative estimate of drug-likeness (QED) is 0.622. The van der Waals surface area contributed by atoms with Crippen LogP contribution in [0.15, 0.2) is 54.9 Å². The number of likely N-dealkylation sites (tertiary alicyclic amines) is 1. The number of hydrogen-bond donors (Lipinski definition) is 2. The molecule has 154 valence electrons. The standard InChI is InChI=1S/C23H30N4O2/c28-22(20-9-5-3-6-10-20)27-17-13-19(18-27)8-4-1-2-7-14-25-23(29)26-21-11-15-24-16-12-21/h3,5-6,9-12,15-16,19H,1-2,4,7-8,13-14,17-18H2,(H2,24,25,26,29). The van der Waals surface area contributed by atoms with E-state index in [0.29, 0.717) is 12.5 Å². The minimum atomic E-state index is -0.176. The molecular weight excluding hydrogens is 364 g/mol. The largest absolute Gasteiger partial charge is 0.338 e. The molecule has 1 saturated heterocycles. The number of hydrogen-bond acceptors (Lipinski definition) is 3. The molecule has 0 spiro atoms. The fourth-order valence-corrected chi connectivity index (χ4v) is 3.74. The predicted molar refractivity (Wildman–Crippen MR) is 115 cm³/mol. The van der Waals surface area contributed by atoms with Gasteiger partial charge in [-0.2, -0.15) is 0 Å². The summed E-state index contributed by atoms with van der Waals surface area (Å²) in [5.41, 5.74) is 1.53. The van der Waals surface area contributed by atoms with Crippen LogP contribution in [0.5, 0.6) is 0 Å². The molecule has 2 N–H and O–H groups in total. The van der Waals surface area contributed by atoms with Crippen LogP contribution in [0, 0.1) is 5.92 Å². The number of benzene rings is 1. The number of carbonyl (C=O) groups excluding carboxylic acids is 2. The second-order valence-electron chi connectivity index (χ2n) is 7.59. The third kappa shape index (κ3) is 6.89. The van der Waals surface area contributed by atoms with Crippen molar-refractivity contribution in [3.05, 3.63) is 60.4 Å². The third-order valence-electron chi connectivity index (χ3n) is 5.36. The fraction of sp³-hybridized carbons (Fsp3) is 0.435. The minimum absolute atomic E-state index is 0.157. The van der Waals surface area contributed by atoms with Crippen LogP contribution in [0.1, 0.15) is 48.9 Å². The average Bonchev–Trinajstić information content (AvgIpc) is 3.23. The van der Waals surface area contributed by atoms with Gasteiger partial charge in [-0.15, -0.1) is 0 Å². The minimum Gasteiger partial charge on any atom is -0.338 e. The van der Waals surface area contributed by atoms with Gasteiger partial charge in [0.15, 0.2) is 0 Å². The molecular formula is C23H30N4O2. The van der Waals surface area contributed by atoms with E-state index in [4.69, 9.17) is 0 Å². The lowest BCUT2D eigenvalue weighted by molar-refractivity contribution is 0.0786. The van der Waals surface area contributed by atoms with E-state index >= 15 is 0 Å². The van der Waals surface area contributed by atoms with E-state index in [2.05, 4.69) is 15.6 Å². The van der Waals surface area contributed by atoms with E-state index in [9.17, 15) is 9.59 Å². The van der Waals surface area contributed by atoms with Crippen molar-refractivity contribution in [1.29, 1.82) is 0 Å². The number of nitrogens with zero attached hydrogens (tertiary/aromatic N) is 2. The Hall–Kier alpha value is -2.89. The number of aromatic nitrogens is 1. The topological polar surface area (TPSA) is 74.3 Å². The Morgan fingerprint density at radius 1 is 1.00 bits per heavy atom. The molecule has 1 fully saturated rings. The molecule has 6 nitrogen and oxygen atoms in total. The molecule has 0 aliphatic carbocycles. The van der Waals surface area contributed by atoms with Gasteiger partial charge in [0, 0.05) is 43.3 Å². The molecule has 2 aromatic rings. The number of nitrogens with one attached hydrogen (secondary N) is 2. The van der Waals surface area contributed by atoms with Crippen molar-refractivity contribution in [1.82, 2.24) is 15.2 Å². The molecule has 29 heavy (non-hydrogen) atoms. The van der Waals surface area contributed by atoms with Gasteiger partial charge >= 0.3 is 6.03 Å². The van der Waals surface area contributed by atoms with Gasteiger partial charge in [0.1, 0.15) is 0 Å². The smallest absolute Gasteiger partial charge is 0.319 e. The number of unbranched alkanes of at least 4 members (excludes halogenated alkanes) is 3. The van der Waals surface area contributed by atoms with E-state index in [0.717, 1.165) is 50.0 Å². The van der Waals surface area contributed by atoms with E-state index < -0.39 is 0 Å². The van der Waals surface area contributed by atoms with Crippen molar-refractivity contribution >= 4 is 17.6 Å². The fourth-order valence-electron chi connectivity index (χ4n) is 3.74. The van der Waals surface area contributed by atoms with Crippen LogP contribution in [-0.2, 0) is 0 Å². The van der Waals surface area contributed by atoms with Crippen LogP contribution >= 0.6 is 0 Å². The van der Waals surface area contributed by atoms with Crippen molar-refractivity contribution in [2.45, 2.75) is 38.5 Å². The predicted octanol–water partition coefficient (Wildman–Crippen LogP) is 4.32. The van der Waals surface area contributed by atoms with Crippen LogP contribution < -0.4 is 10.6 Å². The number of pyridine rings is 1. The van der Waals surface area contributed by atoms with E-state index in [-0.39, 0.29) is 11.9 Å². The molecule has 1 aromatic carbocycles. The highest BCUT2D eigenvalue weighted by Gasteiger charge is 2.26. The first-order valence-electron chi connectivity index (χ1n) is 10.5. The van der Waals surface area contributed by atoms with Gasteiger partial charge in [0.2, 0.25) is 0 Å². The van der Waals surface area contributed by atoms with Crippen molar-refractivity contribution < 1.29 is 9.59 Å². The summed E-state index contributed by atoms with van der Waals surface area (Å²) in [7, 11) is 0. The van der Waals surface area contributed by atoms with Gasteiger partial charge in [-0.25, -0.2) is 4.79 Å². The SMILES string of the molecule is O=C(NCCCCCCC1CCN(C(=O)c2ccccc2)C1)Nc1ccncc1. The van der Waals surface area contributed by atoms with Crippen molar-refractivity contribution in [3.63, 3.8) is 0 Å².